The van der Waals surface area contributed by atoms with E-state index < -0.39 is 0 Å². The van der Waals surface area contributed by atoms with Crippen LogP contribution in [0.25, 0.3) is 10.2 Å². The van der Waals surface area contributed by atoms with Crippen molar-refractivity contribution in [2.75, 3.05) is 44.3 Å². The molecule has 0 aliphatic carbocycles. The lowest BCUT2D eigenvalue weighted by atomic mass is 10.2. The lowest BCUT2D eigenvalue weighted by Gasteiger charge is -2.32. The van der Waals surface area contributed by atoms with Crippen molar-refractivity contribution in [3.05, 3.63) is 53.1 Å². The Morgan fingerprint density at radius 1 is 1.17 bits per heavy atom. The van der Waals surface area contributed by atoms with Gasteiger partial charge in [0.1, 0.15) is 0 Å². The van der Waals surface area contributed by atoms with E-state index in [1.165, 1.54) is 23.1 Å². The number of likely N-dealkylation sites (N-methyl/N-ethyl adjacent to an activating group) is 1. The first kappa shape index (κ1) is 21.1. The molecule has 6 nitrogen and oxygen atoms in total. The summed E-state index contributed by atoms with van der Waals surface area (Å²) in [4.78, 5) is 33.7. The van der Waals surface area contributed by atoms with Crippen molar-refractivity contribution in [1.29, 1.82) is 0 Å². The molecule has 0 radical (unpaired) electrons. The number of nitrogens with zero attached hydrogens (tertiary/aromatic N) is 3. The number of halogens is 1. The first-order chi connectivity index (χ1) is 14.5. The Balaban J connectivity index is 1.39. The van der Waals surface area contributed by atoms with Gasteiger partial charge in [0, 0.05) is 31.9 Å². The van der Waals surface area contributed by atoms with Gasteiger partial charge in [-0.3, -0.25) is 9.59 Å². The predicted molar refractivity (Wildman–Crippen MR) is 124 cm³/mol. The van der Waals surface area contributed by atoms with Crippen LogP contribution >= 0.6 is 34.7 Å². The van der Waals surface area contributed by atoms with E-state index in [0.29, 0.717) is 22.0 Å². The van der Waals surface area contributed by atoms with Gasteiger partial charge < -0.3 is 15.1 Å². The molecular weight excluding hydrogens is 440 g/mol. The molecule has 1 aliphatic heterocycles. The van der Waals surface area contributed by atoms with Crippen LogP contribution in [0.2, 0.25) is 5.02 Å². The summed E-state index contributed by atoms with van der Waals surface area (Å²) in [6, 6.07) is 12.5. The number of thiazole rings is 1. The second kappa shape index (κ2) is 9.34. The molecule has 0 unspecified atom stereocenters. The lowest BCUT2D eigenvalue weighted by Crippen LogP contribution is -2.47. The zero-order valence-electron chi connectivity index (χ0n) is 16.4. The predicted octanol–water partition coefficient (Wildman–Crippen LogP) is 4.07. The molecule has 1 aromatic heterocycles. The molecule has 2 amide bonds. The summed E-state index contributed by atoms with van der Waals surface area (Å²) >= 11 is 9.09. The quantitative estimate of drug-likeness (QED) is 0.581. The highest BCUT2D eigenvalue weighted by atomic mass is 35.5. The molecule has 9 heteroatoms. The third-order valence-corrected chi connectivity index (χ3v) is 7.40. The molecular formula is C21H21ClN4O2S2. The zero-order valence-corrected chi connectivity index (χ0v) is 18.8. The summed E-state index contributed by atoms with van der Waals surface area (Å²) in [6.07, 6.45) is 0. The summed E-state index contributed by atoms with van der Waals surface area (Å²) < 4.78 is 1.81. The standard InChI is InChI=1S/C21H21ClN4O2S2/c1-25-8-10-26(11-9-25)19(27)13-29-21-24-17-7-6-14(12-18(17)30-21)23-20(28)15-4-2-3-5-16(15)22/h2-7,12H,8-11,13H2,1H3,(H,23,28). The van der Waals surface area contributed by atoms with Crippen molar-refractivity contribution in [3.8, 4) is 0 Å². The molecule has 3 aromatic rings. The monoisotopic (exact) mass is 460 g/mol. The van der Waals surface area contributed by atoms with Crippen LogP contribution in [0.3, 0.4) is 0 Å². The summed E-state index contributed by atoms with van der Waals surface area (Å²) in [5, 5.41) is 3.30. The van der Waals surface area contributed by atoms with Gasteiger partial charge in [0.2, 0.25) is 5.91 Å². The van der Waals surface area contributed by atoms with Crippen molar-refractivity contribution < 1.29 is 9.59 Å². The van der Waals surface area contributed by atoms with E-state index in [4.69, 9.17) is 11.6 Å². The molecule has 30 heavy (non-hydrogen) atoms. The van der Waals surface area contributed by atoms with Crippen molar-refractivity contribution >= 4 is 62.4 Å². The molecule has 4 rings (SSSR count). The summed E-state index contributed by atoms with van der Waals surface area (Å²) in [5.41, 5.74) is 1.97. The highest BCUT2D eigenvalue weighted by Crippen LogP contribution is 2.31. The van der Waals surface area contributed by atoms with E-state index in [0.717, 1.165) is 40.7 Å². The van der Waals surface area contributed by atoms with Crippen molar-refractivity contribution in [1.82, 2.24) is 14.8 Å². The van der Waals surface area contributed by atoms with Crippen LogP contribution in [0.5, 0.6) is 0 Å². The smallest absolute Gasteiger partial charge is 0.257 e. The SMILES string of the molecule is CN1CCN(C(=O)CSc2nc3ccc(NC(=O)c4ccccc4Cl)cc3s2)CC1. The van der Waals surface area contributed by atoms with Gasteiger partial charge >= 0.3 is 0 Å². The lowest BCUT2D eigenvalue weighted by molar-refractivity contribution is -0.129. The van der Waals surface area contributed by atoms with E-state index in [1.807, 2.05) is 23.1 Å². The molecule has 2 heterocycles. The number of hydrogen-bond donors (Lipinski definition) is 1. The molecule has 1 aliphatic rings. The Morgan fingerprint density at radius 3 is 2.70 bits per heavy atom. The van der Waals surface area contributed by atoms with Crippen LogP contribution in [0.4, 0.5) is 5.69 Å². The van der Waals surface area contributed by atoms with E-state index in [1.54, 1.807) is 24.3 Å². The Kier molecular flexibility index (Phi) is 6.58. The minimum absolute atomic E-state index is 0.153. The molecule has 0 atom stereocenters. The number of aromatic nitrogens is 1. The minimum atomic E-state index is -0.253. The molecule has 1 saturated heterocycles. The second-order valence-electron chi connectivity index (χ2n) is 7.07. The third kappa shape index (κ3) is 4.95. The average Bonchev–Trinajstić information content (AvgIpc) is 3.15. The van der Waals surface area contributed by atoms with Gasteiger partial charge in [-0.15, -0.1) is 11.3 Å². The number of amides is 2. The van der Waals surface area contributed by atoms with Gasteiger partial charge in [-0.2, -0.15) is 0 Å². The van der Waals surface area contributed by atoms with Crippen LogP contribution in [0, 0.1) is 0 Å². The van der Waals surface area contributed by atoms with Gasteiger partial charge in [0.25, 0.3) is 5.91 Å². The second-order valence-corrected chi connectivity index (χ2v) is 9.73. The van der Waals surface area contributed by atoms with Crippen molar-refractivity contribution in [3.63, 3.8) is 0 Å². The van der Waals surface area contributed by atoms with Gasteiger partial charge in [0.05, 0.1) is 26.6 Å². The van der Waals surface area contributed by atoms with Gasteiger partial charge in [0.15, 0.2) is 4.34 Å². The number of piperazine rings is 1. The largest absolute Gasteiger partial charge is 0.339 e. The molecule has 1 N–H and O–H groups in total. The fourth-order valence-electron chi connectivity index (χ4n) is 3.16. The minimum Gasteiger partial charge on any atom is -0.339 e. The van der Waals surface area contributed by atoms with E-state index in [2.05, 4.69) is 22.2 Å². The molecule has 0 bridgehead atoms. The Labute approximate surface area is 188 Å². The Bertz CT molecular complexity index is 1080. The Morgan fingerprint density at radius 2 is 1.93 bits per heavy atom. The number of rotatable bonds is 5. The van der Waals surface area contributed by atoms with Crippen LogP contribution < -0.4 is 5.32 Å². The number of anilines is 1. The number of fused-ring (bicyclic) bond motifs is 1. The number of carbonyl (C=O) groups excluding carboxylic acids is 2. The maximum atomic E-state index is 12.5. The molecule has 0 saturated carbocycles. The molecule has 2 aromatic carbocycles. The molecule has 1 fully saturated rings. The summed E-state index contributed by atoms with van der Waals surface area (Å²) in [6.45, 7) is 3.40. The fourth-order valence-corrected chi connectivity index (χ4v) is 5.39. The number of hydrogen-bond acceptors (Lipinski definition) is 6. The van der Waals surface area contributed by atoms with Crippen LogP contribution in [-0.2, 0) is 4.79 Å². The molecule has 0 spiro atoms. The highest BCUT2D eigenvalue weighted by molar-refractivity contribution is 8.01. The number of benzene rings is 2. The average molecular weight is 461 g/mol. The van der Waals surface area contributed by atoms with E-state index in [9.17, 15) is 9.59 Å². The topological polar surface area (TPSA) is 65.5 Å². The van der Waals surface area contributed by atoms with Crippen LogP contribution in [0.1, 0.15) is 10.4 Å². The maximum absolute atomic E-state index is 12.5. The Hall–Kier alpha value is -2.13. The van der Waals surface area contributed by atoms with E-state index >= 15 is 0 Å². The maximum Gasteiger partial charge on any atom is 0.257 e. The number of nitrogens with one attached hydrogen (secondary N) is 1. The van der Waals surface area contributed by atoms with Crippen molar-refractivity contribution in [2.24, 2.45) is 0 Å². The summed E-state index contributed by atoms with van der Waals surface area (Å²) in [5.74, 6) is 0.288. The summed E-state index contributed by atoms with van der Waals surface area (Å²) in [7, 11) is 2.07. The zero-order chi connectivity index (χ0) is 21.1. The third-order valence-electron chi connectivity index (χ3n) is 4.92. The van der Waals surface area contributed by atoms with Gasteiger partial charge in [-0.25, -0.2) is 4.98 Å². The highest BCUT2D eigenvalue weighted by Gasteiger charge is 2.19. The van der Waals surface area contributed by atoms with Gasteiger partial charge in [-0.1, -0.05) is 35.5 Å². The number of carbonyl (C=O) groups is 2. The number of thioether (sulfide) groups is 1. The van der Waals surface area contributed by atoms with Crippen LogP contribution in [0.15, 0.2) is 46.8 Å². The molecule has 156 valence electrons. The van der Waals surface area contributed by atoms with Crippen molar-refractivity contribution in [2.45, 2.75) is 4.34 Å². The normalized spacial score (nSPS) is 14.8. The van der Waals surface area contributed by atoms with Crippen LogP contribution in [-0.4, -0.2) is 65.6 Å². The fraction of sp³-hybridized carbons (Fsp3) is 0.286. The van der Waals surface area contributed by atoms with E-state index in [-0.39, 0.29) is 11.8 Å². The first-order valence-electron chi connectivity index (χ1n) is 9.55. The van der Waals surface area contributed by atoms with Gasteiger partial charge in [-0.05, 0) is 37.4 Å². The first-order valence-corrected chi connectivity index (χ1v) is 11.7.